The largest absolute Gasteiger partial charge is 0.393 e. The average molecular weight is 389 g/mol. The first kappa shape index (κ1) is 19.1. The molecule has 3 rings (SSSR count). The van der Waals surface area contributed by atoms with E-state index in [1.54, 1.807) is 0 Å². The van der Waals surface area contributed by atoms with Gasteiger partial charge in [-0.05, 0) is 49.7 Å². The van der Waals surface area contributed by atoms with E-state index in [0.717, 1.165) is 31.5 Å². The molecule has 142 valence electrons. The summed E-state index contributed by atoms with van der Waals surface area (Å²) in [6.07, 6.45) is 2.22. The number of hydrogen-bond donors (Lipinski definition) is 2. The van der Waals surface area contributed by atoms with Crippen molar-refractivity contribution in [3.8, 4) is 0 Å². The summed E-state index contributed by atoms with van der Waals surface area (Å²) in [5, 5.41) is 14.6. The van der Waals surface area contributed by atoms with Crippen molar-refractivity contribution in [2.24, 2.45) is 0 Å². The third kappa shape index (κ3) is 4.37. The number of benzene rings is 2. The molecule has 1 saturated heterocycles. The second-order valence-electron chi connectivity index (χ2n) is 6.52. The van der Waals surface area contributed by atoms with E-state index >= 15 is 0 Å². The van der Waals surface area contributed by atoms with Crippen LogP contribution in [-0.2, 0) is 0 Å². The number of rotatable bonds is 6. The molecular formula is C19H21ClN4O3. The summed E-state index contributed by atoms with van der Waals surface area (Å²) >= 11 is 6.37. The Hall–Kier alpha value is -2.64. The van der Waals surface area contributed by atoms with Crippen molar-refractivity contribution in [2.45, 2.75) is 18.9 Å². The number of halogens is 1. The number of nitro benzene ring substituents is 1. The molecule has 2 aromatic rings. The lowest BCUT2D eigenvalue weighted by atomic mass is 10.0. The molecule has 1 unspecified atom stereocenters. The molecule has 3 N–H and O–H groups in total. The summed E-state index contributed by atoms with van der Waals surface area (Å²) < 4.78 is 0. The van der Waals surface area contributed by atoms with Crippen molar-refractivity contribution in [3.05, 3.63) is 68.7 Å². The molecule has 0 radical (unpaired) electrons. The number of likely N-dealkylation sites (tertiary alicyclic amines) is 1. The monoisotopic (exact) mass is 388 g/mol. The number of nitro groups is 1. The molecule has 1 aliphatic rings. The van der Waals surface area contributed by atoms with Crippen LogP contribution in [0.3, 0.4) is 0 Å². The van der Waals surface area contributed by atoms with Gasteiger partial charge in [-0.3, -0.25) is 19.8 Å². The van der Waals surface area contributed by atoms with E-state index in [1.807, 2.05) is 24.3 Å². The molecule has 1 aliphatic heterocycles. The second kappa shape index (κ2) is 8.37. The van der Waals surface area contributed by atoms with Crippen molar-refractivity contribution in [2.75, 3.05) is 25.4 Å². The number of anilines is 1. The first-order chi connectivity index (χ1) is 13.0. The lowest BCUT2D eigenvalue weighted by molar-refractivity contribution is -0.383. The molecule has 8 heteroatoms. The molecule has 0 bridgehead atoms. The fourth-order valence-electron chi connectivity index (χ4n) is 3.37. The van der Waals surface area contributed by atoms with Crippen LogP contribution in [0.5, 0.6) is 0 Å². The van der Waals surface area contributed by atoms with E-state index in [4.69, 9.17) is 17.3 Å². The minimum Gasteiger partial charge on any atom is -0.393 e. The van der Waals surface area contributed by atoms with E-state index in [9.17, 15) is 14.9 Å². The zero-order valence-corrected chi connectivity index (χ0v) is 15.5. The molecule has 0 aliphatic carbocycles. The lowest BCUT2D eigenvalue weighted by Gasteiger charge is -2.29. The van der Waals surface area contributed by atoms with E-state index in [1.165, 1.54) is 18.2 Å². The van der Waals surface area contributed by atoms with Crippen LogP contribution in [0.15, 0.2) is 42.5 Å². The molecule has 0 aromatic heterocycles. The Morgan fingerprint density at radius 1 is 1.26 bits per heavy atom. The number of nitrogen functional groups attached to an aromatic ring is 1. The highest BCUT2D eigenvalue weighted by Gasteiger charge is 2.26. The molecular weight excluding hydrogens is 368 g/mol. The Morgan fingerprint density at radius 3 is 2.63 bits per heavy atom. The third-order valence-electron chi connectivity index (χ3n) is 4.79. The summed E-state index contributed by atoms with van der Waals surface area (Å²) in [6.45, 7) is 2.25. The van der Waals surface area contributed by atoms with Crippen LogP contribution in [0, 0.1) is 10.1 Å². The topological polar surface area (TPSA) is 102 Å². The van der Waals surface area contributed by atoms with E-state index < -0.39 is 4.92 Å². The third-order valence-corrected chi connectivity index (χ3v) is 5.14. The van der Waals surface area contributed by atoms with Gasteiger partial charge in [-0.1, -0.05) is 29.8 Å². The number of carbonyl (C=O) groups excluding carboxylic acids is 1. The summed E-state index contributed by atoms with van der Waals surface area (Å²) in [7, 11) is 0. The molecule has 7 nitrogen and oxygen atoms in total. The van der Waals surface area contributed by atoms with Crippen LogP contribution >= 0.6 is 11.6 Å². The molecule has 0 spiro atoms. The van der Waals surface area contributed by atoms with Crippen molar-refractivity contribution < 1.29 is 9.72 Å². The summed E-state index contributed by atoms with van der Waals surface area (Å²) in [5.41, 5.74) is 6.52. The minimum absolute atomic E-state index is 0.0301. The maximum Gasteiger partial charge on any atom is 0.292 e. The van der Waals surface area contributed by atoms with Crippen LogP contribution in [0.25, 0.3) is 0 Å². The van der Waals surface area contributed by atoms with Gasteiger partial charge in [0, 0.05) is 23.2 Å². The normalized spacial score (nSPS) is 15.4. The van der Waals surface area contributed by atoms with Gasteiger partial charge in [0.1, 0.15) is 5.69 Å². The van der Waals surface area contributed by atoms with Gasteiger partial charge in [-0.15, -0.1) is 0 Å². The summed E-state index contributed by atoms with van der Waals surface area (Å²) in [6, 6.07) is 11.6. The minimum atomic E-state index is -0.594. The zero-order chi connectivity index (χ0) is 19.4. The maximum absolute atomic E-state index is 12.5. The van der Waals surface area contributed by atoms with Gasteiger partial charge in [0.2, 0.25) is 0 Å². The molecule has 1 atom stereocenters. The Morgan fingerprint density at radius 2 is 1.96 bits per heavy atom. The van der Waals surface area contributed by atoms with Crippen LogP contribution < -0.4 is 11.1 Å². The fraction of sp³-hybridized carbons (Fsp3) is 0.316. The first-order valence-electron chi connectivity index (χ1n) is 8.78. The van der Waals surface area contributed by atoms with Gasteiger partial charge >= 0.3 is 0 Å². The van der Waals surface area contributed by atoms with Crippen LogP contribution in [-0.4, -0.2) is 35.4 Å². The number of amides is 1. The van der Waals surface area contributed by atoms with Crippen LogP contribution in [0.2, 0.25) is 5.02 Å². The number of carbonyl (C=O) groups is 1. The van der Waals surface area contributed by atoms with E-state index in [-0.39, 0.29) is 28.9 Å². The van der Waals surface area contributed by atoms with Crippen LogP contribution in [0.1, 0.15) is 34.8 Å². The predicted octanol–water partition coefficient (Wildman–Crippen LogP) is 3.40. The molecule has 1 heterocycles. The Kier molecular flexibility index (Phi) is 5.93. The highest BCUT2D eigenvalue weighted by atomic mass is 35.5. The SMILES string of the molecule is Nc1ccc(C(=O)NCC(c2ccccc2Cl)N2CCCC2)cc1[N+](=O)[O-]. The van der Waals surface area contributed by atoms with Gasteiger partial charge in [-0.2, -0.15) is 0 Å². The average Bonchev–Trinajstić information content (AvgIpc) is 3.17. The lowest BCUT2D eigenvalue weighted by Crippen LogP contribution is -2.37. The quantitative estimate of drug-likeness (QED) is 0.448. The molecule has 1 amide bonds. The molecule has 27 heavy (non-hydrogen) atoms. The Labute approximate surface area is 162 Å². The highest BCUT2D eigenvalue weighted by Crippen LogP contribution is 2.30. The fourth-order valence-corrected chi connectivity index (χ4v) is 3.63. The van der Waals surface area contributed by atoms with Gasteiger partial charge in [0.15, 0.2) is 0 Å². The summed E-state index contributed by atoms with van der Waals surface area (Å²) in [5.74, 6) is -0.380. The van der Waals surface area contributed by atoms with Crippen LogP contribution in [0.4, 0.5) is 11.4 Å². The smallest absolute Gasteiger partial charge is 0.292 e. The second-order valence-corrected chi connectivity index (χ2v) is 6.93. The van der Waals surface area contributed by atoms with Gasteiger partial charge < -0.3 is 11.1 Å². The zero-order valence-electron chi connectivity index (χ0n) is 14.7. The van der Waals surface area contributed by atoms with Gasteiger partial charge in [0.05, 0.1) is 11.0 Å². The van der Waals surface area contributed by atoms with Crippen molar-refractivity contribution in [1.82, 2.24) is 10.2 Å². The molecule has 0 saturated carbocycles. The van der Waals surface area contributed by atoms with E-state index in [0.29, 0.717) is 11.6 Å². The van der Waals surface area contributed by atoms with Gasteiger partial charge in [0.25, 0.3) is 11.6 Å². The molecule has 1 fully saturated rings. The number of nitrogens with two attached hydrogens (primary N) is 1. The molecule has 2 aromatic carbocycles. The summed E-state index contributed by atoms with van der Waals surface area (Å²) in [4.78, 5) is 25.3. The van der Waals surface area contributed by atoms with Crippen molar-refractivity contribution in [1.29, 1.82) is 0 Å². The first-order valence-corrected chi connectivity index (χ1v) is 9.16. The van der Waals surface area contributed by atoms with Crippen molar-refractivity contribution in [3.63, 3.8) is 0 Å². The number of nitrogens with zero attached hydrogens (tertiary/aromatic N) is 2. The van der Waals surface area contributed by atoms with E-state index in [2.05, 4.69) is 10.2 Å². The van der Waals surface area contributed by atoms with Gasteiger partial charge in [-0.25, -0.2) is 0 Å². The van der Waals surface area contributed by atoms with Crippen molar-refractivity contribution >= 4 is 28.9 Å². The predicted molar refractivity (Wildman–Crippen MR) is 105 cm³/mol. The highest BCUT2D eigenvalue weighted by molar-refractivity contribution is 6.31. The Bertz CT molecular complexity index is 853. The standard InChI is InChI=1S/C19H21ClN4O3/c20-15-6-2-1-5-14(15)18(23-9-3-4-10-23)12-22-19(25)13-7-8-16(21)17(11-13)24(26)27/h1-2,5-8,11,18H,3-4,9-10,12,21H2,(H,22,25). The Balaban J connectivity index is 1.77. The number of hydrogen-bond acceptors (Lipinski definition) is 5. The maximum atomic E-state index is 12.5. The number of nitrogens with one attached hydrogen (secondary N) is 1.